The van der Waals surface area contributed by atoms with Crippen molar-refractivity contribution in [3.05, 3.63) is 47.8 Å². The summed E-state index contributed by atoms with van der Waals surface area (Å²) in [5.74, 6) is -0.145. The Hall–Kier alpha value is -2.14. The molecule has 0 fully saturated rings. The number of nitrogens with zero attached hydrogens (tertiary/aromatic N) is 3. The van der Waals surface area contributed by atoms with Crippen LogP contribution >= 0.6 is 0 Å². The van der Waals surface area contributed by atoms with Crippen molar-refractivity contribution in [1.82, 2.24) is 14.7 Å². The van der Waals surface area contributed by atoms with Crippen molar-refractivity contribution in [3.63, 3.8) is 0 Å². The van der Waals surface area contributed by atoms with Crippen LogP contribution in [0, 0.1) is 0 Å². The molecule has 0 saturated carbocycles. The summed E-state index contributed by atoms with van der Waals surface area (Å²) in [5, 5.41) is 14.0. The first-order valence-electron chi connectivity index (χ1n) is 6.05. The molecule has 0 radical (unpaired) electrons. The molecule has 0 aliphatic rings. The average Bonchev–Trinajstić information content (AvgIpc) is 2.87. The van der Waals surface area contributed by atoms with Crippen LogP contribution in [0.15, 0.2) is 36.5 Å². The summed E-state index contributed by atoms with van der Waals surface area (Å²) in [6.07, 6.45) is 1.13. The van der Waals surface area contributed by atoms with Crippen molar-refractivity contribution in [3.8, 4) is 5.69 Å². The number of aliphatic hydroxyl groups is 1. The lowest BCUT2D eigenvalue weighted by atomic mass is 10.1. The van der Waals surface area contributed by atoms with E-state index in [-0.39, 0.29) is 5.91 Å². The second-order valence-electron chi connectivity index (χ2n) is 4.58. The first-order chi connectivity index (χ1) is 9.00. The molecule has 1 N–H and O–H groups in total. The zero-order valence-electron chi connectivity index (χ0n) is 11.2. The standard InChI is InChI=1S/C14H17N3O2/c1-10(18)11-6-4-5-7-13(11)17-9-8-12(15-17)14(19)16(2)3/h4-10,18H,1-3H3/t10-/m1/s1. The zero-order chi connectivity index (χ0) is 14.0. The van der Waals surface area contributed by atoms with Gasteiger partial charge in [-0.3, -0.25) is 4.79 Å². The van der Waals surface area contributed by atoms with E-state index in [9.17, 15) is 9.90 Å². The molecule has 0 aliphatic carbocycles. The van der Waals surface area contributed by atoms with E-state index in [1.165, 1.54) is 4.90 Å². The molecule has 1 amide bonds. The molecule has 0 saturated heterocycles. The van der Waals surface area contributed by atoms with Crippen LogP contribution in [0.5, 0.6) is 0 Å². The Labute approximate surface area is 112 Å². The summed E-state index contributed by atoms with van der Waals surface area (Å²) < 4.78 is 1.61. The van der Waals surface area contributed by atoms with Gasteiger partial charge in [-0.1, -0.05) is 18.2 Å². The predicted molar refractivity (Wildman–Crippen MR) is 72.2 cm³/mol. The molecule has 0 aliphatic heterocycles. The van der Waals surface area contributed by atoms with E-state index in [2.05, 4.69) is 5.10 Å². The number of carbonyl (C=O) groups excluding carboxylic acids is 1. The van der Waals surface area contributed by atoms with Gasteiger partial charge in [0.05, 0.1) is 11.8 Å². The number of rotatable bonds is 3. The van der Waals surface area contributed by atoms with Gasteiger partial charge in [0, 0.05) is 25.9 Å². The molecule has 0 unspecified atom stereocenters. The Balaban J connectivity index is 2.41. The highest BCUT2D eigenvalue weighted by Crippen LogP contribution is 2.20. The van der Waals surface area contributed by atoms with Crippen LogP contribution < -0.4 is 0 Å². The van der Waals surface area contributed by atoms with Gasteiger partial charge >= 0.3 is 0 Å². The Kier molecular flexibility index (Phi) is 3.66. The normalized spacial score (nSPS) is 12.2. The average molecular weight is 259 g/mol. The molecule has 2 rings (SSSR count). The first-order valence-corrected chi connectivity index (χ1v) is 6.05. The van der Waals surface area contributed by atoms with Gasteiger partial charge in [0.2, 0.25) is 0 Å². The van der Waals surface area contributed by atoms with E-state index >= 15 is 0 Å². The molecule has 5 nitrogen and oxygen atoms in total. The summed E-state index contributed by atoms with van der Waals surface area (Å²) in [4.78, 5) is 13.3. The Morgan fingerprint density at radius 3 is 2.63 bits per heavy atom. The zero-order valence-corrected chi connectivity index (χ0v) is 11.2. The van der Waals surface area contributed by atoms with Gasteiger partial charge in [-0.2, -0.15) is 5.10 Å². The van der Waals surface area contributed by atoms with Gasteiger partial charge in [-0.05, 0) is 19.1 Å². The lowest BCUT2D eigenvalue weighted by Crippen LogP contribution is -2.22. The van der Waals surface area contributed by atoms with E-state index in [1.54, 1.807) is 38.0 Å². The van der Waals surface area contributed by atoms with Crippen LogP contribution in [0.1, 0.15) is 29.1 Å². The maximum atomic E-state index is 11.8. The summed E-state index contributed by atoms with van der Waals surface area (Å²) >= 11 is 0. The molecule has 0 bridgehead atoms. The molecular formula is C14H17N3O2. The minimum absolute atomic E-state index is 0.145. The van der Waals surface area contributed by atoms with Crippen molar-refractivity contribution < 1.29 is 9.90 Å². The fourth-order valence-electron chi connectivity index (χ4n) is 1.85. The van der Waals surface area contributed by atoms with Gasteiger partial charge in [-0.25, -0.2) is 4.68 Å². The number of aliphatic hydroxyl groups excluding tert-OH is 1. The van der Waals surface area contributed by atoms with Gasteiger partial charge in [0.1, 0.15) is 0 Å². The molecule has 2 aromatic rings. The largest absolute Gasteiger partial charge is 0.389 e. The summed E-state index contributed by atoms with van der Waals surface area (Å²) in [6.45, 7) is 1.70. The number of amides is 1. The maximum Gasteiger partial charge on any atom is 0.273 e. The third kappa shape index (κ3) is 2.66. The molecule has 100 valence electrons. The Bertz CT molecular complexity index is 588. The lowest BCUT2D eigenvalue weighted by molar-refractivity contribution is 0.0821. The van der Waals surface area contributed by atoms with Crippen LogP contribution in [0.4, 0.5) is 0 Å². The highest BCUT2D eigenvalue weighted by Gasteiger charge is 2.14. The fourth-order valence-corrected chi connectivity index (χ4v) is 1.85. The Morgan fingerprint density at radius 2 is 2.00 bits per heavy atom. The molecule has 1 heterocycles. The number of aromatic nitrogens is 2. The van der Waals surface area contributed by atoms with Gasteiger partial charge in [0.15, 0.2) is 5.69 Å². The molecular weight excluding hydrogens is 242 g/mol. The second kappa shape index (κ2) is 5.24. The summed E-state index contributed by atoms with van der Waals surface area (Å²) in [7, 11) is 3.37. The minimum atomic E-state index is -0.589. The van der Waals surface area contributed by atoms with Crippen LogP contribution in [0.2, 0.25) is 0 Å². The molecule has 19 heavy (non-hydrogen) atoms. The van der Waals surface area contributed by atoms with Crippen LogP contribution in [-0.2, 0) is 0 Å². The summed E-state index contributed by atoms with van der Waals surface area (Å²) in [5.41, 5.74) is 1.93. The third-order valence-corrected chi connectivity index (χ3v) is 2.85. The second-order valence-corrected chi connectivity index (χ2v) is 4.58. The van der Waals surface area contributed by atoms with Crippen molar-refractivity contribution in [2.45, 2.75) is 13.0 Å². The van der Waals surface area contributed by atoms with Gasteiger partial charge in [0.25, 0.3) is 5.91 Å². The van der Waals surface area contributed by atoms with E-state index in [1.807, 2.05) is 24.3 Å². The number of para-hydroxylation sites is 1. The molecule has 1 aromatic carbocycles. The van der Waals surface area contributed by atoms with Crippen LogP contribution in [-0.4, -0.2) is 39.8 Å². The van der Waals surface area contributed by atoms with E-state index < -0.39 is 6.10 Å². The first kappa shape index (κ1) is 13.3. The number of benzene rings is 1. The summed E-state index contributed by atoms with van der Waals surface area (Å²) in [6, 6.07) is 9.10. The molecule has 1 atom stereocenters. The molecule has 5 heteroatoms. The smallest absolute Gasteiger partial charge is 0.273 e. The number of carbonyl (C=O) groups is 1. The van der Waals surface area contributed by atoms with Crippen molar-refractivity contribution in [2.24, 2.45) is 0 Å². The van der Waals surface area contributed by atoms with Crippen molar-refractivity contribution in [1.29, 1.82) is 0 Å². The van der Waals surface area contributed by atoms with E-state index in [0.29, 0.717) is 5.69 Å². The topological polar surface area (TPSA) is 58.4 Å². The highest BCUT2D eigenvalue weighted by atomic mass is 16.3. The lowest BCUT2D eigenvalue weighted by Gasteiger charge is -2.11. The van der Waals surface area contributed by atoms with E-state index in [4.69, 9.17) is 0 Å². The van der Waals surface area contributed by atoms with E-state index in [0.717, 1.165) is 11.3 Å². The molecule has 0 spiro atoms. The highest BCUT2D eigenvalue weighted by molar-refractivity contribution is 5.91. The Morgan fingerprint density at radius 1 is 1.32 bits per heavy atom. The monoisotopic (exact) mass is 259 g/mol. The SMILES string of the molecule is C[C@@H](O)c1ccccc1-n1ccc(C(=O)N(C)C)n1. The van der Waals surface area contributed by atoms with Crippen molar-refractivity contribution >= 4 is 5.91 Å². The maximum absolute atomic E-state index is 11.8. The fraction of sp³-hybridized carbons (Fsp3) is 0.286. The van der Waals surface area contributed by atoms with Crippen LogP contribution in [0.25, 0.3) is 5.69 Å². The number of hydrogen-bond donors (Lipinski definition) is 1. The molecule has 1 aromatic heterocycles. The third-order valence-electron chi connectivity index (χ3n) is 2.85. The van der Waals surface area contributed by atoms with Crippen LogP contribution in [0.3, 0.4) is 0 Å². The predicted octanol–water partition coefficient (Wildman–Crippen LogP) is 1.63. The van der Waals surface area contributed by atoms with Crippen molar-refractivity contribution in [2.75, 3.05) is 14.1 Å². The number of hydrogen-bond acceptors (Lipinski definition) is 3. The minimum Gasteiger partial charge on any atom is -0.389 e. The van der Waals surface area contributed by atoms with Gasteiger partial charge in [-0.15, -0.1) is 0 Å². The quantitative estimate of drug-likeness (QED) is 0.911. The van der Waals surface area contributed by atoms with Gasteiger partial charge < -0.3 is 10.0 Å².